The minimum atomic E-state index is -1.25. The van der Waals surface area contributed by atoms with Crippen molar-refractivity contribution in [2.24, 2.45) is 5.41 Å². The molecule has 0 spiro atoms. The molecule has 1 aliphatic heterocycles. The standard InChI is InChI=1S/C12H12F2N2O4/c1-12(5-20-6-12)4-15-11(17)7-2-9(14)10(16(18)19)3-8(7)13/h2-3H,4-6H2,1H3,(H,15,17). The molecule has 2 rings (SSSR count). The Morgan fingerprint density at radius 3 is 2.60 bits per heavy atom. The summed E-state index contributed by atoms with van der Waals surface area (Å²) in [6.45, 7) is 3.09. The van der Waals surface area contributed by atoms with Gasteiger partial charge in [0.15, 0.2) is 0 Å². The highest BCUT2D eigenvalue weighted by molar-refractivity contribution is 5.94. The Labute approximate surface area is 112 Å². The van der Waals surface area contributed by atoms with E-state index < -0.39 is 33.7 Å². The Morgan fingerprint density at radius 2 is 2.10 bits per heavy atom. The van der Waals surface area contributed by atoms with Crippen LogP contribution >= 0.6 is 0 Å². The number of nitrogens with one attached hydrogen (secondary N) is 1. The number of halogens is 2. The first-order valence-corrected chi connectivity index (χ1v) is 5.82. The fraction of sp³-hybridized carbons (Fsp3) is 0.417. The molecule has 1 aromatic rings. The second kappa shape index (κ2) is 5.12. The highest BCUT2D eigenvalue weighted by Gasteiger charge is 2.34. The van der Waals surface area contributed by atoms with Crippen LogP contribution in [0.15, 0.2) is 12.1 Å². The Hall–Kier alpha value is -2.09. The van der Waals surface area contributed by atoms with E-state index in [4.69, 9.17) is 4.74 Å². The molecular formula is C12H12F2N2O4. The first-order chi connectivity index (χ1) is 9.32. The maximum absolute atomic E-state index is 13.6. The van der Waals surface area contributed by atoms with Crippen LogP contribution in [0, 0.1) is 27.2 Å². The molecule has 20 heavy (non-hydrogen) atoms. The quantitative estimate of drug-likeness (QED) is 0.674. The molecule has 1 aromatic carbocycles. The van der Waals surface area contributed by atoms with Gasteiger partial charge < -0.3 is 10.1 Å². The van der Waals surface area contributed by atoms with Crippen LogP contribution in [0.3, 0.4) is 0 Å². The molecule has 1 aliphatic rings. The van der Waals surface area contributed by atoms with E-state index in [-0.39, 0.29) is 12.0 Å². The van der Waals surface area contributed by atoms with Gasteiger partial charge in [0.25, 0.3) is 5.91 Å². The first kappa shape index (κ1) is 14.3. The van der Waals surface area contributed by atoms with Crippen molar-refractivity contribution >= 4 is 11.6 Å². The van der Waals surface area contributed by atoms with Crippen molar-refractivity contribution in [3.63, 3.8) is 0 Å². The third-order valence-corrected chi connectivity index (χ3v) is 3.05. The van der Waals surface area contributed by atoms with Gasteiger partial charge >= 0.3 is 5.69 Å². The highest BCUT2D eigenvalue weighted by atomic mass is 19.1. The van der Waals surface area contributed by atoms with Gasteiger partial charge in [-0.25, -0.2) is 4.39 Å². The van der Waals surface area contributed by atoms with Gasteiger partial charge in [-0.15, -0.1) is 0 Å². The van der Waals surface area contributed by atoms with Gasteiger partial charge in [0.1, 0.15) is 5.82 Å². The van der Waals surface area contributed by atoms with Gasteiger partial charge in [0.2, 0.25) is 5.82 Å². The highest BCUT2D eigenvalue weighted by Crippen LogP contribution is 2.26. The summed E-state index contributed by atoms with van der Waals surface area (Å²) >= 11 is 0. The summed E-state index contributed by atoms with van der Waals surface area (Å²) in [5.74, 6) is -3.20. The maximum Gasteiger partial charge on any atom is 0.307 e. The molecule has 6 nitrogen and oxygen atoms in total. The van der Waals surface area contributed by atoms with Crippen molar-refractivity contribution < 1.29 is 23.2 Å². The maximum atomic E-state index is 13.6. The summed E-state index contributed by atoms with van der Waals surface area (Å²) < 4.78 is 32.0. The zero-order valence-corrected chi connectivity index (χ0v) is 10.6. The lowest BCUT2D eigenvalue weighted by atomic mass is 9.88. The number of ether oxygens (including phenoxy) is 1. The van der Waals surface area contributed by atoms with Gasteiger partial charge in [0, 0.05) is 12.0 Å². The van der Waals surface area contributed by atoms with Crippen LogP contribution in [0.4, 0.5) is 14.5 Å². The van der Waals surface area contributed by atoms with Crippen molar-refractivity contribution in [2.75, 3.05) is 19.8 Å². The van der Waals surface area contributed by atoms with Crippen LogP contribution < -0.4 is 5.32 Å². The number of rotatable bonds is 4. The molecular weight excluding hydrogens is 274 g/mol. The second-order valence-corrected chi connectivity index (χ2v) is 5.03. The van der Waals surface area contributed by atoms with Gasteiger partial charge in [-0.2, -0.15) is 4.39 Å². The number of nitrogens with zero attached hydrogens (tertiary/aromatic N) is 1. The van der Waals surface area contributed by atoms with E-state index in [1.807, 2.05) is 6.92 Å². The van der Waals surface area contributed by atoms with Crippen molar-refractivity contribution in [3.8, 4) is 0 Å². The largest absolute Gasteiger partial charge is 0.380 e. The summed E-state index contributed by atoms with van der Waals surface area (Å²) in [7, 11) is 0. The summed E-state index contributed by atoms with van der Waals surface area (Å²) in [5, 5.41) is 12.9. The van der Waals surface area contributed by atoms with Crippen molar-refractivity contribution in [1.29, 1.82) is 0 Å². The fourth-order valence-electron chi connectivity index (χ4n) is 1.79. The number of nitro benzene ring substituents is 1. The molecule has 1 N–H and O–H groups in total. The molecule has 0 bridgehead atoms. The molecule has 0 aromatic heterocycles. The van der Waals surface area contributed by atoms with Gasteiger partial charge in [-0.05, 0) is 6.07 Å². The minimum absolute atomic E-state index is 0.217. The van der Waals surface area contributed by atoms with Gasteiger partial charge in [-0.3, -0.25) is 14.9 Å². The Morgan fingerprint density at radius 1 is 1.45 bits per heavy atom. The Bertz CT molecular complexity index is 573. The lowest BCUT2D eigenvalue weighted by molar-refractivity contribution is -0.387. The lowest BCUT2D eigenvalue weighted by Crippen LogP contribution is -2.48. The lowest BCUT2D eigenvalue weighted by Gasteiger charge is -2.38. The molecule has 0 aliphatic carbocycles. The zero-order chi connectivity index (χ0) is 14.9. The van der Waals surface area contributed by atoms with E-state index in [1.165, 1.54) is 0 Å². The molecule has 0 atom stereocenters. The normalized spacial score (nSPS) is 16.4. The smallest absolute Gasteiger partial charge is 0.307 e. The van der Waals surface area contributed by atoms with Crippen LogP contribution in [0.25, 0.3) is 0 Å². The van der Waals surface area contributed by atoms with Crippen LogP contribution in [-0.2, 0) is 4.74 Å². The van der Waals surface area contributed by atoms with E-state index in [2.05, 4.69) is 5.32 Å². The van der Waals surface area contributed by atoms with Gasteiger partial charge in [-0.1, -0.05) is 6.92 Å². The van der Waals surface area contributed by atoms with Crippen molar-refractivity contribution in [3.05, 3.63) is 39.4 Å². The summed E-state index contributed by atoms with van der Waals surface area (Å²) in [6.07, 6.45) is 0. The average Bonchev–Trinajstić information content (AvgIpc) is 2.35. The van der Waals surface area contributed by atoms with Crippen molar-refractivity contribution in [2.45, 2.75) is 6.92 Å². The third kappa shape index (κ3) is 2.74. The molecule has 0 saturated carbocycles. The molecule has 1 fully saturated rings. The van der Waals surface area contributed by atoms with E-state index in [0.717, 1.165) is 0 Å². The van der Waals surface area contributed by atoms with Crippen LogP contribution in [-0.4, -0.2) is 30.6 Å². The SMILES string of the molecule is CC1(CNC(=O)c2cc(F)c([N+](=O)[O-])cc2F)COC1. The fourth-order valence-corrected chi connectivity index (χ4v) is 1.79. The number of hydrogen-bond donors (Lipinski definition) is 1. The summed E-state index contributed by atoms with van der Waals surface area (Å²) in [4.78, 5) is 21.2. The number of nitro groups is 1. The summed E-state index contributed by atoms with van der Waals surface area (Å²) in [6, 6.07) is 0.931. The molecule has 8 heteroatoms. The van der Waals surface area contributed by atoms with Crippen LogP contribution in [0.1, 0.15) is 17.3 Å². The minimum Gasteiger partial charge on any atom is -0.380 e. The molecule has 1 heterocycles. The Kier molecular flexibility index (Phi) is 3.67. The molecule has 1 saturated heterocycles. The molecule has 0 unspecified atom stereocenters. The predicted molar refractivity (Wildman–Crippen MR) is 64.3 cm³/mol. The zero-order valence-electron chi connectivity index (χ0n) is 10.6. The number of carbonyl (C=O) groups excluding carboxylic acids is 1. The molecule has 0 radical (unpaired) electrons. The molecule has 1 amide bonds. The number of hydrogen-bond acceptors (Lipinski definition) is 4. The Balaban J connectivity index is 2.13. The first-order valence-electron chi connectivity index (χ1n) is 5.82. The van der Waals surface area contributed by atoms with Crippen LogP contribution in [0.5, 0.6) is 0 Å². The van der Waals surface area contributed by atoms with Crippen LogP contribution in [0.2, 0.25) is 0 Å². The monoisotopic (exact) mass is 286 g/mol. The second-order valence-electron chi connectivity index (χ2n) is 5.03. The van der Waals surface area contributed by atoms with E-state index >= 15 is 0 Å². The average molecular weight is 286 g/mol. The van der Waals surface area contributed by atoms with Crippen molar-refractivity contribution in [1.82, 2.24) is 5.32 Å². The van der Waals surface area contributed by atoms with E-state index in [0.29, 0.717) is 25.3 Å². The number of amides is 1. The summed E-state index contributed by atoms with van der Waals surface area (Å²) in [5.41, 5.74) is -1.78. The molecule has 108 valence electrons. The predicted octanol–water partition coefficient (Wildman–Crippen LogP) is 1.64. The third-order valence-electron chi connectivity index (χ3n) is 3.05. The van der Waals surface area contributed by atoms with Gasteiger partial charge in [0.05, 0.1) is 29.8 Å². The number of benzene rings is 1. The van der Waals surface area contributed by atoms with E-state index in [1.54, 1.807) is 0 Å². The van der Waals surface area contributed by atoms with E-state index in [9.17, 15) is 23.7 Å². The topological polar surface area (TPSA) is 81.5 Å². The number of carbonyl (C=O) groups is 1.